The Hall–Kier alpha value is -3.76. The van der Waals surface area contributed by atoms with E-state index in [0.29, 0.717) is 49.1 Å². The molecule has 4 amide bonds. The van der Waals surface area contributed by atoms with Gasteiger partial charge in [0.15, 0.2) is 0 Å². The lowest BCUT2D eigenvalue weighted by Crippen LogP contribution is -2.56. The maximum Gasteiger partial charge on any atom is 0.251 e. The van der Waals surface area contributed by atoms with Crippen molar-refractivity contribution in [3.05, 3.63) is 48.5 Å². The molecule has 3 saturated heterocycles. The summed E-state index contributed by atoms with van der Waals surface area (Å²) in [5, 5.41) is 0. The van der Waals surface area contributed by atoms with E-state index < -0.39 is 12.1 Å². The molecule has 188 valence electrons. The lowest BCUT2D eigenvalue weighted by molar-refractivity contribution is -0.126. The second-order valence-electron chi connectivity index (χ2n) is 9.04. The van der Waals surface area contributed by atoms with Crippen molar-refractivity contribution in [1.82, 2.24) is 9.80 Å². The second kappa shape index (κ2) is 9.71. The van der Waals surface area contributed by atoms with E-state index in [1.165, 1.54) is 9.80 Å². The van der Waals surface area contributed by atoms with Gasteiger partial charge in [0.2, 0.25) is 11.8 Å². The Morgan fingerprint density at radius 2 is 0.917 bits per heavy atom. The van der Waals surface area contributed by atoms with Crippen LogP contribution in [0.4, 0.5) is 11.4 Å². The maximum atomic E-state index is 13.2. The first-order chi connectivity index (χ1) is 17.4. The van der Waals surface area contributed by atoms with Gasteiger partial charge in [0.05, 0.1) is 50.5 Å². The van der Waals surface area contributed by atoms with E-state index in [4.69, 9.17) is 9.47 Å². The van der Waals surface area contributed by atoms with E-state index in [0.717, 1.165) is 0 Å². The first-order valence-corrected chi connectivity index (χ1v) is 11.9. The molecule has 3 heterocycles. The largest absolute Gasteiger partial charge is 0.497 e. The molecule has 0 bridgehead atoms. The highest BCUT2D eigenvalue weighted by atomic mass is 16.5. The number of amides is 4. The van der Waals surface area contributed by atoms with Crippen molar-refractivity contribution in [3.8, 4) is 11.5 Å². The number of imide groups is 2. The first-order valence-electron chi connectivity index (χ1n) is 11.9. The first kappa shape index (κ1) is 24.0. The van der Waals surface area contributed by atoms with Crippen molar-refractivity contribution in [2.75, 3.05) is 50.2 Å². The second-order valence-corrected chi connectivity index (χ2v) is 9.04. The van der Waals surface area contributed by atoms with Crippen molar-refractivity contribution in [2.24, 2.45) is 0 Å². The van der Waals surface area contributed by atoms with Gasteiger partial charge in [0.1, 0.15) is 11.5 Å². The Labute approximate surface area is 208 Å². The van der Waals surface area contributed by atoms with E-state index in [-0.39, 0.29) is 36.5 Å². The summed E-state index contributed by atoms with van der Waals surface area (Å²) in [7, 11) is 3.12. The topological polar surface area (TPSA) is 99.7 Å². The van der Waals surface area contributed by atoms with Crippen LogP contribution in [0.15, 0.2) is 48.5 Å². The van der Waals surface area contributed by atoms with E-state index in [1.807, 2.05) is 9.80 Å². The van der Waals surface area contributed by atoms with Gasteiger partial charge < -0.3 is 9.47 Å². The smallest absolute Gasteiger partial charge is 0.251 e. The number of anilines is 2. The molecule has 0 N–H and O–H groups in total. The SMILES string of the molecule is COc1ccc(N2C(=O)C[C@H](N3CCN([C@H]4CC(=O)N(c5ccc(OC)cc5)C4=O)CC3)C2=O)cc1. The summed E-state index contributed by atoms with van der Waals surface area (Å²) in [4.78, 5) is 58.2. The highest BCUT2D eigenvalue weighted by molar-refractivity contribution is 6.23. The number of hydrogen-bond donors (Lipinski definition) is 0. The molecule has 0 unspecified atom stereocenters. The number of rotatable bonds is 6. The molecular weight excluding hydrogens is 464 g/mol. The zero-order valence-corrected chi connectivity index (χ0v) is 20.3. The highest BCUT2D eigenvalue weighted by Gasteiger charge is 2.46. The summed E-state index contributed by atoms with van der Waals surface area (Å²) in [5.41, 5.74) is 1.06. The Balaban J connectivity index is 1.21. The fourth-order valence-electron chi connectivity index (χ4n) is 5.17. The molecule has 0 radical (unpaired) electrons. The van der Waals surface area contributed by atoms with Gasteiger partial charge in [-0.3, -0.25) is 29.0 Å². The quantitative estimate of drug-likeness (QED) is 0.557. The molecule has 10 nitrogen and oxygen atoms in total. The molecule has 3 aliphatic heterocycles. The Morgan fingerprint density at radius 3 is 1.22 bits per heavy atom. The fraction of sp³-hybridized carbons (Fsp3) is 0.385. The summed E-state index contributed by atoms with van der Waals surface area (Å²) in [6.07, 6.45) is 0.244. The van der Waals surface area contributed by atoms with E-state index >= 15 is 0 Å². The molecular formula is C26H28N4O6. The van der Waals surface area contributed by atoms with Crippen molar-refractivity contribution in [2.45, 2.75) is 24.9 Å². The van der Waals surface area contributed by atoms with Crippen LogP contribution in [-0.4, -0.2) is 85.9 Å². The standard InChI is InChI=1S/C26H28N4O6/c1-35-19-7-3-17(4-8-19)29-23(31)15-21(25(29)33)27-11-13-28(14-12-27)22-16-24(32)30(26(22)34)18-5-9-20(36-2)10-6-18/h3-10,21-22H,11-16H2,1-2H3/t21-,22-/m0/s1. The van der Waals surface area contributed by atoms with Gasteiger partial charge in [0, 0.05) is 26.2 Å². The Bertz CT molecular complexity index is 1080. The molecule has 5 rings (SSSR count). The number of methoxy groups -OCH3 is 2. The number of benzene rings is 2. The zero-order chi connectivity index (χ0) is 25.4. The number of piperazine rings is 1. The van der Waals surface area contributed by atoms with Crippen molar-refractivity contribution in [3.63, 3.8) is 0 Å². The number of nitrogens with zero attached hydrogens (tertiary/aromatic N) is 4. The van der Waals surface area contributed by atoms with Gasteiger partial charge in [-0.25, -0.2) is 9.80 Å². The van der Waals surface area contributed by atoms with Crippen LogP contribution < -0.4 is 19.3 Å². The Morgan fingerprint density at radius 1 is 0.583 bits per heavy atom. The van der Waals surface area contributed by atoms with E-state index in [1.54, 1.807) is 62.8 Å². The third kappa shape index (κ3) is 4.22. The molecule has 3 aliphatic rings. The molecule has 36 heavy (non-hydrogen) atoms. The molecule has 0 spiro atoms. The van der Waals surface area contributed by atoms with Crippen LogP contribution in [0.3, 0.4) is 0 Å². The van der Waals surface area contributed by atoms with Crippen LogP contribution in [0, 0.1) is 0 Å². The molecule has 2 atom stereocenters. The zero-order valence-electron chi connectivity index (χ0n) is 20.3. The van der Waals surface area contributed by atoms with E-state index in [2.05, 4.69) is 0 Å². The molecule has 10 heteroatoms. The average Bonchev–Trinajstić information content (AvgIpc) is 3.38. The predicted molar refractivity (Wildman–Crippen MR) is 131 cm³/mol. The van der Waals surface area contributed by atoms with Gasteiger partial charge in [-0.1, -0.05) is 0 Å². The number of ether oxygens (including phenoxy) is 2. The minimum atomic E-state index is -0.529. The van der Waals surface area contributed by atoms with Crippen LogP contribution >= 0.6 is 0 Å². The summed E-state index contributed by atoms with van der Waals surface area (Å²) < 4.78 is 10.3. The van der Waals surface area contributed by atoms with Crippen molar-refractivity contribution in [1.29, 1.82) is 0 Å². The van der Waals surface area contributed by atoms with Crippen LogP contribution in [-0.2, 0) is 19.2 Å². The summed E-state index contributed by atoms with van der Waals surface area (Å²) >= 11 is 0. The van der Waals surface area contributed by atoms with Crippen LogP contribution in [0.1, 0.15) is 12.8 Å². The number of hydrogen-bond acceptors (Lipinski definition) is 8. The monoisotopic (exact) mass is 492 g/mol. The Kier molecular flexibility index (Phi) is 6.46. The molecule has 3 fully saturated rings. The lowest BCUT2D eigenvalue weighted by Gasteiger charge is -2.38. The van der Waals surface area contributed by atoms with Gasteiger partial charge >= 0.3 is 0 Å². The number of carbonyl (C=O) groups is 4. The predicted octanol–water partition coefficient (Wildman–Crippen LogP) is 1.29. The van der Waals surface area contributed by atoms with Crippen LogP contribution in [0.25, 0.3) is 0 Å². The van der Waals surface area contributed by atoms with Gasteiger partial charge in [-0.15, -0.1) is 0 Å². The minimum absolute atomic E-state index is 0.122. The number of carbonyl (C=O) groups excluding carboxylic acids is 4. The molecule has 0 aliphatic carbocycles. The van der Waals surface area contributed by atoms with Gasteiger partial charge in [-0.05, 0) is 48.5 Å². The van der Waals surface area contributed by atoms with Crippen LogP contribution in [0.5, 0.6) is 11.5 Å². The molecule has 0 saturated carbocycles. The van der Waals surface area contributed by atoms with Crippen molar-refractivity contribution < 1.29 is 28.7 Å². The van der Waals surface area contributed by atoms with Gasteiger partial charge in [0.25, 0.3) is 11.8 Å². The summed E-state index contributed by atoms with van der Waals surface area (Å²) in [6.45, 7) is 2.11. The third-order valence-corrected chi connectivity index (χ3v) is 7.14. The van der Waals surface area contributed by atoms with Gasteiger partial charge in [-0.2, -0.15) is 0 Å². The third-order valence-electron chi connectivity index (χ3n) is 7.14. The maximum absolute atomic E-state index is 13.2. The summed E-state index contributed by atoms with van der Waals surface area (Å²) in [5.74, 6) is 0.355. The normalized spacial score (nSPS) is 23.6. The summed E-state index contributed by atoms with van der Waals surface area (Å²) in [6, 6.07) is 12.6. The fourth-order valence-corrected chi connectivity index (χ4v) is 5.17. The minimum Gasteiger partial charge on any atom is -0.497 e. The average molecular weight is 493 g/mol. The van der Waals surface area contributed by atoms with Crippen LogP contribution in [0.2, 0.25) is 0 Å². The molecule has 0 aromatic heterocycles. The van der Waals surface area contributed by atoms with E-state index in [9.17, 15) is 19.2 Å². The van der Waals surface area contributed by atoms with Crippen molar-refractivity contribution >= 4 is 35.0 Å². The highest BCUT2D eigenvalue weighted by Crippen LogP contribution is 2.30. The molecule has 2 aromatic rings. The molecule has 2 aromatic carbocycles. The lowest BCUT2D eigenvalue weighted by atomic mass is 10.1.